The Labute approximate surface area is 125 Å². The molecule has 1 aliphatic heterocycles. The Kier molecular flexibility index (Phi) is 3.63. The highest BCUT2D eigenvalue weighted by molar-refractivity contribution is 5.56. The lowest BCUT2D eigenvalue weighted by molar-refractivity contribution is -0.0751. The van der Waals surface area contributed by atoms with E-state index in [1.165, 1.54) is 5.69 Å². The lowest BCUT2D eigenvalue weighted by atomic mass is 10.1. The van der Waals surface area contributed by atoms with Gasteiger partial charge in [0.25, 0.3) is 0 Å². The Morgan fingerprint density at radius 1 is 1.43 bits per heavy atom. The predicted octanol–water partition coefficient (Wildman–Crippen LogP) is 2.06. The number of hydrogen-bond acceptors (Lipinski definition) is 4. The molecule has 0 aromatic carbocycles. The van der Waals surface area contributed by atoms with Crippen molar-refractivity contribution in [2.24, 2.45) is 0 Å². The molecule has 1 N–H and O–H groups in total. The van der Waals surface area contributed by atoms with Crippen LogP contribution in [0.25, 0.3) is 5.65 Å². The van der Waals surface area contributed by atoms with Gasteiger partial charge in [-0.1, -0.05) is 6.07 Å². The van der Waals surface area contributed by atoms with E-state index in [0.717, 1.165) is 31.1 Å². The summed E-state index contributed by atoms with van der Waals surface area (Å²) in [6.45, 7) is 8.95. The normalized spacial score (nSPS) is 21.9. The minimum Gasteiger partial charge on any atom is -0.369 e. The molecule has 0 saturated carbocycles. The lowest BCUT2D eigenvalue weighted by Crippen LogP contribution is -2.52. The highest BCUT2D eigenvalue weighted by atomic mass is 16.5. The SMILES string of the molecule is CNCc1c(N2CC(C)OC(C)(C)C2)nc2ccccn12. The van der Waals surface area contributed by atoms with E-state index in [9.17, 15) is 0 Å². The average molecular weight is 288 g/mol. The molecule has 5 heteroatoms. The maximum Gasteiger partial charge on any atom is 0.152 e. The van der Waals surface area contributed by atoms with E-state index in [4.69, 9.17) is 9.72 Å². The highest BCUT2D eigenvalue weighted by Gasteiger charge is 2.33. The van der Waals surface area contributed by atoms with Gasteiger partial charge in [0.1, 0.15) is 5.65 Å². The first kappa shape index (κ1) is 14.4. The topological polar surface area (TPSA) is 41.8 Å². The third-order valence-electron chi connectivity index (χ3n) is 3.82. The Bertz CT molecular complexity index is 634. The molecule has 1 unspecified atom stereocenters. The first-order valence-electron chi connectivity index (χ1n) is 7.53. The summed E-state index contributed by atoms with van der Waals surface area (Å²) in [4.78, 5) is 7.20. The molecule has 0 radical (unpaired) electrons. The first-order valence-corrected chi connectivity index (χ1v) is 7.53. The van der Waals surface area contributed by atoms with Crippen LogP contribution in [0.3, 0.4) is 0 Å². The standard InChI is InChI=1S/C16H24N4O/c1-12-10-19(11-16(2,3)21-12)15-13(9-17-4)20-8-6-5-7-14(20)18-15/h5-8,12,17H,9-11H2,1-4H3. The van der Waals surface area contributed by atoms with Gasteiger partial charge in [0, 0.05) is 25.8 Å². The zero-order valence-electron chi connectivity index (χ0n) is 13.3. The van der Waals surface area contributed by atoms with Crippen LogP contribution in [0.4, 0.5) is 5.82 Å². The average Bonchev–Trinajstić information content (AvgIpc) is 2.76. The molecule has 114 valence electrons. The molecule has 0 spiro atoms. The molecule has 3 heterocycles. The number of nitrogens with one attached hydrogen (secondary N) is 1. The van der Waals surface area contributed by atoms with E-state index in [1.807, 2.05) is 19.2 Å². The van der Waals surface area contributed by atoms with Gasteiger partial charge in [-0.05, 0) is 40.0 Å². The van der Waals surface area contributed by atoms with E-state index in [1.54, 1.807) is 0 Å². The molecule has 1 aliphatic rings. The molecule has 1 fully saturated rings. The van der Waals surface area contributed by atoms with Crippen molar-refractivity contribution >= 4 is 11.5 Å². The van der Waals surface area contributed by atoms with E-state index in [0.29, 0.717) is 0 Å². The fraction of sp³-hybridized carbons (Fsp3) is 0.562. The number of nitrogens with zero attached hydrogens (tertiary/aromatic N) is 3. The third-order valence-corrected chi connectivity index (χ3v) is 3.82. The molecular weight excluding hydrogens is 264 g/mol. The number of ether oxygens (including phenoxy) is 1. The van der Waals surface area contributed by atoms with Crippen molar-refractivity contribution in [2.45, 2.75) is 39.0 Å². The summed E-state index contributed by atoms with van der Waals surface area (Å²) in [5, 5.41) is 3.25. The molecule has 21 heavy (non-hydrogen) atoms. The molecule has 5 nitrogen and oxygen atoms in total. The van der Waals surface area contributed by atoms with Crippen LogP contribution in [0.5, 0.6) is 0 Å². The molecule has 1 saturated heterocycles. The molecule has 2 aromatic heterocycles. The molecule has 0 aliphatic carbocycles. The van der Waals surface area contributed by atoms with E-state index >= 15 is 0 Å². The van der Waals surface area contributed by atoms with Gasteiger partial charge in [-0.25, -0.2) is 4.98 Å². The Morgan fingerprint density at radius 3 is 2.95 bits per heavy atom. The summed E-state index contributed by atoms with van der Waals surface area (Å²) < 4.78 is 8.17. The van der Waals surface area contributed by atoms with Crippen molar-refractivity contribution in [3.05, 3.63) is 30.1 Å². The van der Waals surface area contributed by atoms with Gasteiger partial charge in [0.2, 0.25) is 0 Å². The molecule has 0 amide bonds. The summed E-state index contributed by atoms with van der Waals surface area (Å²) in [6, 6.07) is 6.13. The molecule has 2 aromatic rings. The van der Waals surface area contributed by atoms with Crippen molar-refractivity contribution in [1.29, 1.82) is 0 Å². The van der Waals surface area contributed by atoms with Gasteiger partial charge in [-0.3, -0.25) is 0 Å². The van der Waals surface area contributed by atoms with Crippen molar-refractivity contribution in [1.82, 2.24) is 14.7 Å². The van der Waals surface area contributed by atoms with Crippen molar-refractivity contribution in [3.63, 3.8) is 0 Å². The van der Waals surface area contributed by atoms with Crippen LogP contribution >= 0.6 is 0 Å². The van der Waals surface area contributed by atoms with Crippen molar-refractivity contribution in [3.8, 4) is 0 Å². The maximum absolute atomic E-state index is 6.01. The third kappa shape index (κ3) is 2.76. The van der Waals surface area contributed by atoms with Gasteiger partial charge < -0.3 is 19.4 Å². The fourth-order valence-corrected chi connectivity index (χ4v) is 3.23. The number of fused-ring (bicyclic) bond motifs is 1. The number of hydrogen-bond donors (Lipinski definition) is 1. The van der Waals surface area contributed by atoms with Gasteiger partial charge in [0.15, 0.2) is 5.82 Å². The predicted molar refractivity (Wildman–Crippen MR) is 84.8 cm³/mol. The summed E-state index contributed by atoms with van der Waals surface area (Å²) in [5.74, 6) is 1.07. The van der Waals surface area contributed by atoms with Crippen LogP contribution in [-0.4, -0.2) is 41.2 Å². The van der Waals surface area contributed by atoms with Gasteiger partial charge in [-0.2, -0.15) is 0 Å². The van der Waals surface area contributed by atoms with E-state index in [2.05, 4.69) is 47.7 Å². The zero-order chi connectivity index (χ0) is 15.0. The van der Waals surface area contributed by atoms with Crippen molar-refractivity contribution < 1.29 is 4.74 Å². The van der Waals surface area contributed by atoms with E-state index in [-0.39, 0.29) is 11.7 Å². The number of imidazole rings is 1. The highest BCUT2D eigenvalue weighted by Crippen LogP contribution is 2.28. The Balaban J connectivity index is 2.04. The van der Waals surface area contributed by atoms with Crippen LogP contribution in [0.15, 0.2) is 24.4 Å². The maximum atomic E-state index is 6.01. The Morgan fingerprint density at radius 2 is 2.24 bits per heavy atom. The second-order valence-corrected chi connectivity index (χ2v) is 6.41. The summed E-state index contributed by atoms with van der Waals surface area (Å²) >= 11 is 0. The fourth-order valence-electron chi connectivity index (χ4n) is 3.23. The van der Waals surface area contributed by atoms with E-state index < -0.39 is 0 Å². The summed E-state index contributed by atoms with van der Waals surface area (Å²) in [5.41, 5.74) is 2.05. The number of pyridine rings is 1. The monoisotopic (exact) mass is 288 g/mol. The molecule has 0 bridgehead atoms. The van der Waals surface area contributed by atoms with Crippen LogP contribution in [0.1, 0.15) is 26.5 Å². The second kappa shape index (κ2) is 5.31. The Hall–Kier alpha value is -1.59. The molecular formula is C16H24N4O. The number of morpholine rings is 1. The first-order chi connectivity index (χ1) is 10.00. The molecule has 3 rings (SSSR count). The minimum absolute atomic E-state index is 0.148. The minimum atomic E-state index is -0.148. The zero-order valence-corrected chi connectivity index (χ0v) is 13.3. The van der Waals surface area contributed by atoms with Crippen LogP contribution in [0.2, 0.25) is 0 Å². The van der Waals surface area contributed by atoms with Crippen LogP contribution in [-0.2, 0) is 11.3 Å². The molecule has 1 atom stereocenters. The van der Waals surface area contributed by atoms with Crippen molar-refractivity contribution in [2.75, 3.05) is 25.0 Å². The largest absolute Gasteiger partial charge is 0.369 e. The van der Waals surface area contributed by atoms with Gasteiger partial charge in [-0.15, -0.1) is 0 Å². The smallest absolute Gasteiger partial charge is 0.152 e. The number of anilines is 1. The van der Waals surface area contributed by atoms with Gasteiger partial charge in [0.05, 0.1) is 17.4 Å². The van der Waals surface area contributed by atoms with Crippen LogP contribution in [0, 0.1) is 0 Å². The number of rotatable bonds is 3. The second-order valence-electron chi connectivity index (χ2n) is 6.41. The summed E-state index contributed by atoms with van der Waals surface area (Å²) in [6.07, 6.45) is 2.29. The number of aromatic nitrogens is 2. The summed E-state index contributed by atoms with van der Waals surface area (Å²) in [7, 11) is 1.97. The van der Waals surface area contributed by atoms with Crippen LogP contribution < -0.4 is 10.2 Å². The quantitative estimate of drug-likeness (QED) is 0.938. The van der Waals surface area contributed by atoms with Gasteiger partial charge >= 0.3 is 0 Å². The lowest BCUT2D eigenvalue weighted by Gasteiger charge is -2.42.